The quantitative estimate of drug-likeness (QED) is 0.0637. The lowest BCUT2D eigenvalue weighted by Crippen LogP contribution is -2.32. The lowest BCUT2D eigenvalue weighted by atomic mass is 10.2. The number of nitrogens with zero attached hydrogens (tertiary/aromatic N) is 7. The number of aryl methyl sites for hydroxylation is 10. The fraction of sp³-hybridized carbons (Fsp3) is 0.453. The molecule has 0 unspecified atom stereocenters. The SMILES string of the molecule is CCCCCC[n+]1ccccc1.CCCCCC[n+]1ccccc1.CCCC[n+]1ccc(C)cc1.CCCC[n+]1ccccc1.CC[n+]1cccc(C)c1.CC[n+]1cccc(CO)c1.Cc1ccc[n+](C)c1. The van der Waals surface area contributed by atoms with Crippen LogP contribution in [0.3, 0.4) is 0 Å². The van der Waals surface area contributed by atoms with E-state index in [0.717, 1.165) is 31.7 Å². The molecule has 0 spiro atoms. The van der Waals surface area contributed by atoms with Crippen LogP contribution in [0.1, 0.15) is 141 Å². The standard InChI is InChI=1S/2C11H18N.C10H16N.C9H14N.C8H12NO.C8H12N.C7H10N/c2*1-2-3-4-6-9-12-10-7-5-8-11-12;1-3-4-7-11-8-5-10(2)6-9-11;1-2-3-7-10-8-5-4-6-9-10;1-2-9-5-3-4-8(6-9)7-10;1-3-9-6-4-5-8(2)7-9;1-7-4-3-5-8(2)6-7/h2*5,7-8,10-11H,2-4,6,9H2,1H3;5-6,8-9H,3-4,7H2,1-2H3;4-6,8-9H,2-3,7H2,1H3;3-6,10H,2,7H2,1H3;4-7H,3H2,1-2H3;3-6H,1-2H3/q7*+1. The Morgan fingerprint density at radius 1 is 0.319 bits per heavy atom. The number of aliphatic hydroxyl groups is 1. The largest absolute Gasteiger partial charge is 0.391 e. The number of aliphatic hydroxyl groups excluding tert-OH is 1. The van der Waals surface area contributed by atoms with Gasteiger partial charge in [-0.3, -0.25) is 0 Å². The molecule has 7 aromatic rings. The van der Waals surface area contributed by atoms with Gasteiger partial charge in [0.2, 0.25) is 0 Å². The van der Waals surface area contributed by atoms with Gasteiger partial charge in [-0.15, -0.1) is 0 Å². The van der Waals surface area contributed by atoms with Crippen LogP contribution in [-0.4, -0.2) is 5.11 Å². The highest BCUT2D eigenvalue weighted by atomic mass is 16.3. The van der Waals surface area contributed by atoms with E-state index in [1.165, 1.54) is 107 Å². The summed E-state index contributed by atoms with van der Waals surface area (Å²) >= 11 is 0. The van der Waals surface area contributed by atoms with Crippen molar-refractivity contribution in [3.63, 3.8) is 0 Å². The Kier molecular flexibility index (Phi) is 39.9. The second-order valence-corrected chi connectivity index (χ2v) is 18.2. The Balaban J connectivity index is 0.000000421. The van der Waals surface area contributed by atoms with Crippen LogP contribution < -0.4 is 32.0 Å². The molecule has 0 aliphatic rings. The van der Waals surface area contributed by atoms with E-state index in [1.807, 2.05) is 59.0 Å². The van der Waals surface area contributed by atoms with E-state index in [-0.39, 0.29) is 6.61 Å². The number of pyridine rings is 7. The molecule has 72 heavy (non-hydrogen) atoms. The van der Waals surface area contributed by atoms with Crippen LogP contribution >= 0.6 is 0 Å². The van der Waals surface area contributed by atoms with Crippen LogP contribution in [0.2, 0.25) is 0 Å². The first-order chi connectivity index (χ1) is 35.1. The van der Waals surface area contributed by atoms with Gasteiger partial charge in [-0.2, -0.15) is 0 Å². The molecule has 0 bridgehead atoms. The lowest BCUT2D eigenvalue weighted by molar-refractivity contribution is -0.697. The Labute approximate surface area is 439 Å². The van der Waals surface area contributed by atoms with Crippen LogP contribution in [0.25, 0.3) is 0 Å². The summed E-state index contributed by atoms with van der Waals surface area (Å²) in [4.78, 5) is 0. The van der Waals surface area contributed by atoms with Crippen molar-refractivity contribution in [3.8, 4) is 0 Å². The summed E-state index contributed by atoms with van der Waals surface area (Å²) in [5, 5.41) is 8.74. The molecule has 0 amide bonds. The molecule has 8 heteroatoms. The Bertz CT molecular complexity index is 2170. The topological polar surface area (TPSA) is 47.4 Å². The third kappa shape index (κ3) is 36.0. The third-order valence-corrected chi connectivity index (χ3v) is 11.4. The number of aromatic nitrogens is 7. The van der Waals surface area contributed by atoms with E-state index >= 15 is 0 Å². The summed E-state index contributed by atoms with van der Waals surface area (Å²) < 4.78 is 15.2. The molecule has 0 saturated carbocycles. The molecule has 0 atom stereocenters. The van der Waals surface area contributed by atoms with Crippen molar-refractivity contribution < 1.29 is 37.1 Å². The molecule has 1 N–H and O–H groups in total. The van der Waals surface area contributed by atoms with Crippen LogP contribution in [0.15, 0.2) is 190 Å². The van der Waals surface area contributed by atoms with Gasteiger partial charge in [-0.1, -0.05) is 84.4 Å². The highest BCUT2D eigenvalue weighted by Gasteiger charge is 2.00. The zero-order chi connectivity index (χ0) is 52.7. The van der Waals surface area contributed by atoms with E-state index in [0.29, 0.717) is 0 Å². The van der Waals surface area contributed by atoms with Gasteiger partial charge in [0.05, 0.1) is 6.61 Å². The van der Waals surface area contributed by atoms with Crippen molar-refractivity contribution in [2.24, 2.45) is 7.05 Å². The van der Waals surface area contributed by atoms with Crippen LogP contribution in [0, 0.1) is 20.8 Å². The molecule has 0 aromatic carbocycles. The first-order valence-electron chi connectivity index (χ1n) is 27.3. The zero-order valence-corrected chi connectivity index (χ0v) is 46.9. The van der Waals surface area contributed by atoms with Crippen molar-refractivity contribution >= 4 is 0 Å². The van der Waals surface area contributed by atoms with Crippen molar-refractivity contribution in [1.29, 1.82) is 0 Å². The minimum Gasteiger partial charge on any atom is -0.391 e. The summed E-state index contributed by atoms with van der Waals surface area (Å²) in [6, 6.07) is 35.1. The molecule has 0 aliphatic heterocycles. The molecular formula is C64H100N7O+7. The van der Waals surface area contributed by atoms with E-state index in [2.05, 4.69) is 232 Å². The predicted octanol–water partition coefficient (Wildman–Crippen LogP) is 11.6. The minimum atomic E-state index is 0.126. The van der Waals surface area contributed by atoms with Gasteiger partial charge in [-0.05, 0) is 71.2 Å². The van der Waals surface area contributed by atoms with Gasteiger partial charge in [0, 0.05) is 109 Å². The van der Waals surface area contributed by atoms with Crippen molar-refractivity contribution in [1.82, 2.24) is 0 Å². The van der Waals surface area contributed by atoms with Crippen LogP contribution in [0.4, 0.5) is 0 Å². The van der Waals surface area contributed by atoms with Crippen molar-refractivity contribution in [2.75, 3.05) is 0 Å². The fourth-order valence-electron chi connectivity index (χ4n) is 7.01. The van der Waals surface area contributed by atoms with Gasteiger partial charge in [0.15, 0.2) is 86.8 Å². The summed E-state index contributed by atoms with van der Waals surface area (Å²) in [6.45, 7) is 26.2. The monoisotopic (exact) mass is 983 g/mol. The molecule has 7 heterocycles. The molecule has 7 aromatic heterocycles. The number of hydrogen-bond acceptors (Lipinski definition) is 1. The molecule has 0 fully saturated rings. The molecule has 0 saturated heterocycles. The molecule has 0 radical (unpaired) electrons. The highest BCUT2D eigenvalue weighted by Crippen LogP contribution is 1.99. The maximum atomic E-state index is 8.74. The van der Waals surface area contributed by atoms with Crippen molar-refractivity contribution in [3.05, 3.63) is 212 Å². The van der Waals surface area contributed by atoms with Crippen LogP contribution in [-0.2, 0) is 52.9 Å². The highest BCUT2D eigenvalue weighted by molar-refractivity contribution is 5.04. The molecule has 390 valence electrons. The van der Waals surface area contributed by atoms with Gasteiger partial charge in [-0.25, -0.2) is 32.0 Å². The maximum absolute atomic E-state index is 8.74. The first-order valence-corrected chi connectivity index (χ1v) is 27.3. The summed E-state index contributed by atoms with van der Waals surface area (Å²) in [6.07, 6.45) is 45.1. The van der Waals surface area contributed by atoms with Crippen molar-refractivity contribution in [2.45, 2.75) is 185 Å². The Morgan fingerprint density at radius 3 is 1.03 bits per heavy atom. The van der Waals surface area contributed by atoms with Gasteiger partial charge in [0.25, 0.3) is 0 Å². The molecule has 8 nitrogen and oxygen atoms in total. The van der Waals surface area contributed by atoms with E-state index in [4.69, 9.17) is 5.11 Å². The fourth-order valence-corrected chi connectivity index (χ4v) is 7.01. The second kappa shape index (κ2) is 44.9. The average molecular weight is 984 g/mol. The van der Waals surface area contributed by atoms with E-state index in [9.17, 15) is 0 Å². The molecule has 0 aliphatic carbocycles. The van der Waals surface area contributed by atoms with E-state index in [1.54, 1.807) is 0 Å². The Morgan fingerprint density at radius 2 is 0.681 bits per heavy atom. The third-order valence-electron chi connectivity index (χ3n) is 11.4. The predicted molar refractivity (Wildman–Crippen MR) is 297 cm³/mol. The number of hydrogen-bond donors (Lipinski definition) is 1. The summed E-state index contributed by atoms with van der Waals surface area (Å²) in [7, 11) is 2.02. The van der Waals surface area contributed by atoms with Crippen LogP contribution in [0.5, 0.6) is 0 Å². The maximum Gasteiger partial charge on any atom is 0.174 e. The van der Waals surface area contributed by atoms with Gasteiger partial charge in [0.1, 0.15) is 46.3 Å². The Hall–Kier alpha value is -5.99. The van der Waals surface area contributed by atoms with Gasteiger partial charge < -0.3 is 5.11 Å². The minimum absolute atomic E-state index is 0.126. The number of unbranched alkanes of at least 4 members (excludes halogenated alkanes) is 8. The molecular weight excluding hydrogens is 883 g/mol. The summed E-state index contributed by atoms with van der Waals surface area (Å²) in [5.74, 6) is 0. The first kappa shape index (κ1) is 64.0. The number of rotatable bonds is 19. The lowest BCUT2D eigenvalue weighted by Gasteiger charge is -1.95. The summed E-state index contributed by atoms with van der Waals surface area (Å²) in [5.41, 5.74) is 4.91. The second-order valence-electron chi connectivity index (χ2n) is 18.2. The molecule has 7 rings (SSSR count). The zero-order valence-electron chi connectivity index (χ0n) is 46.9. The normalized spacial score (nSPS) is 9.82. The van der Waals surface area contributed by atoms with Gasteiger partial charge >= 0.3 is 0 Å². The average Bonchev–Trinajstić information content (AvgIpc) is 3.42. The van der Waals surface area contributed by atoms with E-state index < -0.39 is 0 Å². The smallest absolute Gasteiger partial charge is 0.174 e.